The number of hydrogen-bond donors (Lipinski definition) is 0. The molecule has 0 saturated heterocycles. The number of nitrogens with zero attached hydrogens (tertiary/aromatic N) is 4. The van der Waals surface area contributed by atoms with Crippen molar-refractivity contribution in [3.63, 3.8) is 0 Å². The third-order valence-corrected chi connectivity index (χ3v) is 20.3. The van der Waals surface area contributed by atoms with Crippen molar-refractivity contribution in [2.45, 2.75) is 78.6 Å². The van der Waals surface area contributed by atoms with Gasteiger partial charge in [-0.15, -0.1) is 0 Å². The molecule has 16 rings (SSSR count). The Labute approximate surface area is 599 Å². The van der Waals surface area contributed by atoms with Gasteiger partial charge in [-0.25, -0.2) is 0 Å². The number of fused-ring (bicyclic) bond motifs is 6. The van der Waals surface area contributed by atoms with E-state index in [4.69, 9.17) is 4.42 Å². The lowest BCUT2D eigenvalue weighted by Gasteiger charge is -2.34. The highest BCUT2D eigenvalue weighted by molar-refractivity contribution is 6.12. The van der Waals surface area contributed by atoms with Crippen molar-refractivity contribution in [2.24, 2.45) is 0 Å². The smallest absolute Gasteiger partial charge is 0.136 e. The summed E-state index contributed by atoms with van der Waals surface area (Å²) < 4.78 is 9.04. The van der Waals surface area contributed by atoms with Crippen LogP contribution in [0.2, 0.25) is 0 Å². The molecule has 2 aromatic heterocycles. The van der Waals surface area contributed by atoms with Crippen LogP contribution in [0.3, 0.4) is 0 Å². The highest BCUT2D eigenvalue weighted by atomic mass is 16.3. The Kier molecular flexibility index (Phi) is 16.3. The molecule has 0 aliphatic heterocycles. The fourth-order valence-corrected chi connectivity index (χ4v) is 14.9. The Balaban J connectivity index is 0.996. The van der Waals surface area contributed by atoms with Gasteiger partial charge in [0.2, 0.25) is 0 Å². The molecule has 0 saturated carbocycles. The molecule has 0 bridgehead atoms. The zero-order chi connectivity index (χ0) is 70.0. The van der Waals surface area contributed by atoms with Gasteiger partial charge in [-0.3, -0.25) is 0 Å². The minimum atomic E-state index is -0.144. The largest absolute Gasteiger partial charge is 0.456 e. The predicted octanol–water partition coefficient (Wildman–Crippen LogP) is 27.4. The minimum absolute atomic E-state index is 0.0552. The molecule has 0 fully saturated rings. The van der Waals surface area contributed by atoms with Crippen molar-refractivity contribution >= 4 is 77.9 Å². The van der Waals surface area contributed by atoms with E-state index in [0.29, 0.717) is 5.56 Å². The summed E-state index contributed by atoms with van der Waals surface area (Å²) in [4.78, 5) is 5.04. The maximum absolute atomic E-state index is 10.3. The molecule has 2 heterocycles. The third kappa shape index (κ3) is 12.0. The van der Waals surface area contributed by atoms with Gasteiger partial charge in [-0.2, -0.15) is 5.26 Å². The summed E-state index contributed by atoms with van der Waals surface area (Å²) in [5, 5.41) is 14.6. The van der Waals surface area contributed by atoms with E-state index in [0.717, 1.165) is 150 Å². The van der Waals surface area contributed by atoms with Gasteiger partial charge in [0.15, 0.2) is 0 Å². The van der Waals surface area contributed by atoms with E-state index in [2.05, 4.69) is 380 Å². The van der Waals surface area contributed by atoms with Crippen molar-refractivity contribution < 1.29 is 4.42 Å². The van der Waals surface area contributed by atoms with E-state index in [1.54, 1.807) is 0 Å². The number of para-hydroxylation sites is 3. The predicted molar refractivity (Wildman–Crippen MR) is 431 cm³/mol. The van der Waals surface area contributed by atoms with Gasteiger partial charge in [0.25, 0.3) is 0 Å². The Hall–Kier alpha value is -12.2. The first-order valence-corrected chi connectivity index (χ1v) is 35.4. The molecule has 0 spiro atoms. The monoisotopic (exact) mass is 1320 g/mol. The molecule has 0 N–H and O–H groups in total. The number of nitriles is 1. The number of hydrogen-bond acceptors (Lipinski definition) is 4. The van der Waals surface area contributed by atoms with E-state index in [1.165, 1.54) is 16.7 Å². The SMILES string of the molecule is CC(C)(C)c1ccc(-c2cc(N(c3cccc(C(C)(C)C)c3)c3ccc(C(C)(C)C)cc3-c3ccccc3)cc(N(c3ccc(-c4c(-c5ccc6c(c5)oc5ccccc56)cccc4-n4c5ccccc5c5cc(C#N)ccc54)cc3)c3c(-c4ccccc4)cccc3-c3ccccc3)c2)cc1. The van der Waals surface area contributed by atoms with Gasteiger partial charge >= 0.3 is 0 Å². The first-order chi connectivity index (χ1) is 49.4. The van der Waals surface area contributed by atoms with E-state index < -0.39 is 0 Å². The van der Waals surface area contributed by atoms with Gasteiger partial charge in [0.1, 0.15) is 11.2 Å². The second kappa shape index (κ2) is 25.8. The number of furan rings is 1. The Morgan fingerprint density at radius 2 is 0.833 bits per heavy atom. The van der Waals surface area contributed by atoms with Crippen LogP contribution in [0.4, 0.5) is 34.1 Å². The molecule has 0 radical (unpaired) electrons. The Morgan fingerprint density at radius 1 is 0.304 bits per heavy atom. The molecule has 0 aliphatic rings. The molecule has 0 amide bonds. The van der Waals surface area contributed by atoms with Gasteiger partial charge in [0, 0.05) is 66.5 Å². The lowest BCUT2D eigenvalue weighted by atomic mass is 9.84. The normalized spacial score (nSPS) is 12.0. The van der Waals surface area contributed by atoms with Gasteiger partial charge in [-0.05, 0) is 181 Å². The zero-order valence-electron chi connectivity index (χ0n) is 59.3. The molecular formula is C97H80N4O. The average Bonchev–Trinajstić information content (AvgIpc) is 1.45. The fraction of sp³-hybridized carbons (Fsp3) is 0.124. The van der Waals surface area contributed by atoms with Gasteiger partial charge in [0.05, 0.1) is 39.7 Å². The first kappa shape index (κ1) is 64.4. The highest BCUT2D eigenvalue weighted by Gasteiger charge is 2.29. The second-order valence-electron chi connectivity index (χ2n) is 30.1. The maximum atomic E-state index is 10.3. The number of benzene rings is 14. The number of rotatable bonds is 13. The van der Waals surface area contributed by atoms with Crippen molar-refractivity contribution in [2.75, 3.05) is 9.80 Å². The van der Waals surface area contributed by atoms with E-state index >= 15 is 0 Å². The van der Waals surface area contributed by atoms with E-state index in [-0.39, 0.29) is 16.2 Å². The standard InChI is InChI=1S/C97H80N4O/c1-95(2,3)72-48-43-65(44-49-72)71-57-77(99(76-33-23-32-73(60-76)96(4,5)6)88-55-50-74(97(7,8)9)61-85(88)68-30-17-12-18-31-68)62-78(58-71)100(94-80(66-26-13-10-14-27-66)37-24-38-81(94)67-28-15-11-16-29-67)75-51-45-69(46-52-75)93-79(70-47-53-84-83-35-20-22-41-91(83)102-92(84)59-70)36-25-40-90(93)101-87-39-21-19-34-82(87)86-56-64(63-98)42-54-89(86)101/h10-62H,1-9H3. The summed E-state index contributed by atoms with van der Waals surface area (Å²) in [7, 11) is 0. The summed E-state index contributed by atoms with van der Waals surface area (Å²) in [6, 6.07) is 120. The molecule has 16 aromatic rings. The molecule has 494 valence electrons. The third-order valence-electron chi connectivity index (χ3n) is 20.3. The van der Waals surface area contributed by atoms with Crippen molar-refractivity contribution in [1.29, 1.82) is 5.26 Å². The topological polar surface area (TPSA) is 48.3 Å². The van der Waals surface area contributed by atoms with Crippen LogP contribution < -0.4 is 9.80 Å². The average molecular weight is 1320 g/mol. The van der Waals surface area contributed by atoms with Crippen molar-refractivity contribution in [3.05, 3.63) is 344 Å². The Bertz CT molecular complexity index is 5820. The van der Waals surface area contributed by atoms with Crippen LogP contribution in [-0.4, -0.2) is 4.57 Å². The van der Waals surface area contributed by atoms with Gasteiger partial charge < -0.3 is 18.8 Å². The van der Waals surface area contributed by atoms with E-state index in [9.17, 15) is 5.26 Å². The zero-order valence-corrected chi connectivity index (χ0v) is 59.3. The highest BCUT2D eigenvalue weighted by Crippen LogP contribution is 2.52. The van der Waals surface area contributed by atoms with Crippen LogP contribution in [0.15, 0.2) is 326 Å². The molecule has 0 unspecified atom stereocenters. The minimum Gasteiger partial charge on any atom is -0.456 e. The quantitative estimate of drug-likeness (QED) is 0.115. The summed E-state index contributed by atoms with van der Waals surface area (Å²) in [6.07, 6.45) is 0. The summed E-state index contributed by atoms with van der Waals surface area (Å²) in [5.74, 6) is 0. The lowest BCUT2D eigenvalue weighted by Crippen LogP contribution is -2.17. The second-order valence-corrected chi connectivity index (χ2v) is 30.1. The maximum Gasteiger partial charge on any atom is 0.136 e. The summed E-state index contributed by atoms with van der Waals surface area (Å²) in [5.41, 5.74) is 27.9. The Morgan fingerprint density at radius 3 is 1.49 bits per heavy atom. The van der Waals surface area contributed by atoms with Crippen LogP contribution in [0.25, 0.3) is 116 Å². The summed E-state index contributed by atoms with van der Waals surface area (Å²) >= 11 is 0. The molecule has 0 atom stereocenters. The fourth-order valence-electron chi connectivity index (χ4n) is 14.9. The van der Waals surface area contributed by atoms with Crippen LogP contribution in [-0.2, 0) is 16.2 Å². The lowest BCUT2D eigenvalue weighted by molar-refractivity contribution is 0.590. The van der Waals surface area contributed by atoms with Crippen LogP contribution >= 0.6 is 0 Å². The number of anilines is 6. The van der Waals surface area contributed by atoms with Crippen LogP contribution in [0.5, 0.6) is 0 Å². The van der Waals surface area contributed by atoms with Crippen molar-refractivity contribution in [3.8, 4) is 78.5 Å². The van der Waals surface area contributed by atoms with Gasteiger partial charge in [-0.1, -0.05) is 281 Å². The molecule has 102 heavy (non-hydrogen) atoms. The first-order valence-electron chi connectivity index (χ1n) is 35.4. The van der Waals surface area contributed by atoms with Crippen LogP contribution in [0, 0.1) is 11.3 Å². The molecule has 5 heteroatoms. The molecule has 5 nitrogen and oxygen atoms in total. The summed E-state index contributed by atoms with van der Waals surface area (Å²) in [6.45, 7) is 20.7. The van der Waals surface area contributed by atoms with Crippen LogP contribution in [0.1, 0.15) is 84.6 Å². The molecule has 14 aromatic carbocycles. The molecular weight excluding hydrogens is 1240 g/mol. The molecule has 0 aliphatic carbocycles. The van der Waals surface area contributed by atoms with Crippen molar-refractivity contribution in [1.82, 2.24) is 4.57 Å². The van der Waals surface area contributed by atoms with E-state index in [1.807, 2.05) is 24.3 Å². The number of aromatic nitrogens is 1.